The van der Waals surface area contributed by atoms with Crippen molar-refractivity contribution in [2.45, 2.75) is 57.7 Å². The molecule has 3 rings (SSSR count). The maximum atomic E-state index is 12.8. The number of carbonyl (C=O) groups is 2. The molecule has 20 heavy (non-hydrogen) atoms. The monoisotopic (exact) mass is 293 g/mol. The number of hydrogen-bond donors (Lipinski definition) is 1. The molecule has 1 aliphatic heterocycles. The molecule has 0 radical (unpaired) electrons. The van der Waals surface area contributed by atoms with Crippen molar-refractivity contribution in [3.05, 3.63) is 16.1 Å². The van der Waals surface area contributed by atoms with Gasteiger partial charge in [-0.05, 0) is 26.7 Å². The number of aromatic nitrogens is 1. The van der Waals surface area contributed by atoms with Crippen molar-refractivity contribution in [3.8, 4) is 0 Å². The van der Waals surface area contributed by atoms with E-state index in [0.29, 0.717) is 6.54 Å². The van der Waals surface area contributed by atoms with Crippen LogP contribution in [0, 0.1) is 6.92 Å². The van der Waals surface area contributed by atoms with E-state index in [0.717, 1.165) is 36.4 Å². The van der Waals surface area contributed by atoms with Crippen molar-refractivity contribution in [3.63, 3.8) is 0 Å². The summed E-state index contributed by atoms with van der Waals surface area (Å²) in [7, 11) is 0. The average Bonchev–Trinajstić information content (AvgIpc) is 3.03. The van der Waals surface area contributed by atoms with Crippen LogP contribution in [0.25, 0.3) is 0 Å². The van der Waals surface area contributed by atoms with E-state index < -0.39 is 11.6 Å². The maximum absolute atomic E-state index is 12.8. The Morgan fingerprint density at radius 2 is 2.15 bits per heavy atom. The molecule has 2 amide bonds. The summed E-state index contributed by atoms with van der Waals surface area (Å²) in [4.78, 5) is 31.1. The molecule has 1 spiro atoms. The summed E-state index contributed by atoms with van der Waals surface area (Å²) in [6.45, 7) is 4.16. The summed E-state index contributed by atoms with van der Waals surface area (Å²) in [5.74, 6) is 0.0229. The molecule has 1 saturated carbocycles. The molecule has 1 aromatic rings. The summed E-state index contributed by atoms with van der Waals surface area (Å²) in [6, 6.07) is -0.419. The first-order valence-corrected chi connectivity index (χ1v) is 7.94. The number of hydrogen-bond acceptors (Lipinski definition) is 4. The minimum Gasteiger partial charge on any atom is -0.340 e. The predicted octanol–water partition coefficient (Wildman–Crippen LogP) is 1.61. The number of rotatable bonds is 2. The van der Waals surface area contributed by atoms with Gasteiger partial charge in [0, 0.05) is 11.1 Å². The van der Waals surface area contributed by atoms with Crippen molar-refractivity contribution in [1.82, 2.24) is 15.2 Å². The van der Waals surface area contributed by atoms with E-state index in [4.69, 9.17) is 0 Å². The van der Waals surface area contributed by atoms with Gasteiger partial charge in [-0.2, -0.15) is 0 Å². The Kier molecular flexibility index (Phi) is 3.28. The fourth-order valence-corrected chi connectivity index (χ4v) is 3.90. The van der Waals surface area contributed by atoms with E-state index >= 15 is 0 Å². The van der Waals surface area contributed by atoms with Gasteiger partial charge in [-0.3, -0.25) is 9.59 Å². The second kappa shape index (κ2) is 4.84. The SMILES string of the molecule is Cc1csc(CN2C(=O)C3(CCCC3)NC(=O)C2C)n1. The lowest BCUT2D eigenvalue weighted by Crippen LogP contribution is -2.68. The number of nitrogens with one attached hydrogen (secondary N) is 1. The summed E-state index contributed by atoms with van der Waals surface area (Å²) in [5.41, 5.74) is 0.317. The molecule has 1 atom stereocenters. The second-order valence-corrected chi connectivity index (χ2v) is 6.71. The number of amides is 2. The minimum absolute atomic E-state index is 0.0419. The lowest BCUT2D eigenvalue weighted by Gasteiger charge is -2.43. The van der Waals surface area contributed by atoms with E-state index in [1.165, 1.54) is 0 Å². The summed E-state index contributed by atoms with van der Waals surface area (Å²) in [6.07, 6.45) is 3.53. The van der Waals surface area contributed by atoms with E-state index in [1.807, 2.05) is 12.3 Å². The second-order valence-electron chi connectivity index (χ2n) is 5.77. The lowest BCUT2D eigenvalue weighted by molar-refractivity contribution is -0.154. The zero-order valence-electron chi connectivity index (χ0n) is 11.8. The smallest absolute Gasteiger partial charge is 0.249 e. The molecule has 108 valence electrons. The first-order valence-electron chi connectivity index (χ1n) is 7.06. The first kappa shape index (κ1) is 13.5. The van der Waals surface area contributed by atoms with E-state index in [9.17, 15) is 9.59 Å². The van der Waals surface area contributed by atoms with Crippen LogP contribution in [0.2, 0.25) is 0 Å². The van der Waals surface area contributed by atoms with Gasteiger partial charge < -0.3 is 10.2 Å². The van der Waals surface area contributed by atoms with Crippen LogP contribution in [0.4, 0.5) is 0 Å². The molecule has 2 aliphatic rings. The molecule has 0 bridgehead atoms. The van der Waals surface area contributed by atoms with Crippen molar-refractivity contribution < 1.29 is 9.59 Å². The number of thiazole rings is 1. The van der Waals surface area contributed by atoms with Gasteiger partial charge in [0.2, 0.25) is 11.8 Å². The van der Waals surface area contributed by atoms with Crippen LogP contribution in [-0.2, 0) is 16.1 Å². The van der Waals surface area contributed by atoms with Crippen molar-refractivity contribution in [2.75, 3.05) is 0 Å². The third kappa shape index (κ3) is 2.12. The highest BCUT2D eigenvalue weighted by Gasteiger charge is 2.50. The normalized spacial score (nSPS) is 25.3. The lowest BCUT2D eigenvalue weighted by atomic mass is 9.91. The Bertz CT molecular complexity index is 548. The average molecular weight is 293 g/mol. The van der Waals surface area contributed by atoms with Gasteiger partial charge in [0.25, 0.3) is 0 Å². The van der Waals surface area contributed by atoms with Crippen LogP contribution in [-0.4, -0.2) is 33.3 Å². The third-order valence-corrected chi connectivity index (χ3v) is 5.26. The van der Waals surface area contributed by atoms with Gasteiger partial charge in [0.15, 0.2) is 0 Å². The molecule has 1 saturated heterocycles. The molecule has 2 fully saturated rings. The summed E-state index contributed by atoms with van der Waals surface area (Å²) in [5, 5.41) is 5.83. The topological polar surface area (TPSA) is 62.3 Å². The van der Waals surface area contributed by atoms with E-state index in [2.05, 4.69) is 10.3 Å². The van der Waals surface area contributed by atoms with Crippen LogP contribution >= 0.6 is 11.3 Å². The zero-order valence-corrected chi connectivity index (χ0v) is 12.6. The van der Waals surface area contributed by atoms with Crippen LogP contribution < -0.4 is 5.32 Å². The van der Waals surface area contributed by atoms with Gasteiger partial charge in [-0.25, -0.2) is 4.98 Å². The Morgan fingerprint density at radius 3 is 2.75 bits per heavy atom. The number of nitrogens with zero attached hydrogens (tertiary/aromatic N) is 2. The number of piperazine rings is 1. The van der Waals surface area contributed by atoms with Crippen molar-refractivity contribution in [2.24, 2.45) is 0 Å². The zero-order chi connectivity index (χ0) is 14.3. The van der Waals surface area contributed by atoms with Crippen molar-refractivity contribution in [1.29, 1.82) is 0 Å². The summed E-state index contributed by atoms with van der Waals surface area (Å²) >= 11 is 1.54. The third-order valence-electron chi connectivity index (χ3n) is 4.31. The van der Waals surface area contributed by atoms with Gasteiger partial charge in [-0.15, -0.1) is 11.3 Å². The Hall–Kier alpha value is -1.43. The molecule has 1 unspecified atom stereocenters. The van der Waals surface area contributed by atoms with Crippen LogP contribution in [0.5, 0.6) is 0 Å². The fourth-order valence-electron chi connectivity index (χ4n) is 3.13. The highest BCUT2D eigenvalue weighted by molar-refractivity contribution is 7.09. The van der Waals surface area contributed by atoms with Crippen molar-refractivity contribution >= 4 is 23.2 Å². The van der Waals surface area contributed by atoms with Crippen LogP contribution in [0.3, 0.4) is 0 Å². The number of aryl methyl sites for hydroxylation is 1. The molecule has 1 aliphatic carbocycles. The summed E-state index contributed by atoms with van der Waals surface area (Å²) < 4.78 is 0. The fraction of sp³-hybridized carbons (Fsp3) is 0.643. The molecule has 0 aromatic carbocycles. The highest BCUT2D eigenvalue weighted by Crippen LogP contribution is 2.35. The first-order chi connectivity index (χ1) is 9.52. The van der Waals surface area contributed by atoms with Gasteiger partial charge in [0.1, 0.15) is 16.6 Å². The van der Waals surface area contributed by atoms with E-state index in [-0.39, 0.29) is 11.8 Å². The molecular formula is C14H19N3O2S. The largest absolute Gasteiger partial charge is 0.340 e. The molecule has 5 nitrogen and oxygen atoms in total. The Balaban J connectivity index is 1.86. The predicted molar refractivity (Wildman–Crippen MR) is 76.2 cm³/mol. The maximum Gasteiger partial charge on any atom is 0.249 e. The highest BCUT2D eigenvalue weighted by atomic mass is 32.1. The van der Waals surface area contributed by atoms with Gasteiger partial charge >= 0.3 is 0 Å². The van der Waals surface area contributed by atoms with Crippen LogP contribution in [0.1, 0.15) is 43.3 Å². The molecule has 2 heterocycles. The molecular weight excluding hydrogens is 274 g/mol. The van der Waals surface area contributed by atoms with Gasteiger partial charge in [0.05, 0.1) is 6.54 Å². The van der Waals surface area contributed by atoms with Crippen LogP contribution in [0.15, 0.2) is 5.38 Å². The van der Waals surface area contributed by atoms with E-state index in [1.54, 1.807) is 23.2 Å². The van der Waals surface area contributed by atoms with Gasteiger partial charge in [-0.1, -0.05) is 12.8 Å². The Morgan fingerprint density at radius 1 is 1.45 bits per heavy atom. The minimum atomic E-state index is -0.643. The molecule has 1 aromatic heterocycles. The quantitative estimate of drug-likeness (QED) is 0.901. The Labute approximate surface area is 122 Å². The number of carbonyl (C=O) groups excluding carboxylic acids is 2. The molecule has 1 N–H and O–H groups in total. The standard InChI is InChI=1S/C14H19N3O2S/c1-9-8-20-11(15-9)7-17-10(2)12(18)16-14(13(17)19)5-3-4-6-14/h8,10H,3-7H2,1-2H3,(H,16,18). The molecule has 6 heteroatoms.